The van der Waals surface area contributed by atoms with Gasteiger partial charge >= 0.3 is 0 Å². The molecule has 1 aromatic carbocycles. The van der Waals surface area contributed by atoms with E-state index < -0.39 is 0 Å². The third-order valence-corrected chi connectivity index (χ3v) is 2.95. The number of benzene rings is 1. The molecule has 0 bridgehead atoms. The third-order valence-electron chi connectivity index (χ3n) is 2.95. The molecule has 1 heterocycles. The van der Waals surface area contributed by atoms with Gasteiger partial charge in [-0.15, -0.1) is 0 Å². The van der Waals surface area contributed by atoms with Crippen molar-refractivity contribution >= 4 is 5.69 Å². The molecule has 1 atom stereocenters. The molecular formula is C13H16N2. The number of hydrogen-bond acceptors (Lipinski definition) is 2. The summed E-state index contributed by atoms with van der Waals surface area (Å²) in [5, 5.41) is 12.3. The molecule has 0 fully saturated rings. The van der Waals surface area contributed by atoms with Gasteiger partial charge in [0.05, 0.1) is 12.0 Å². The lowest BCUT2D eigenvalue weighted by molar-refractivity contribution is 0.589. The maximum absolute atomic E-state index is 9.02. The Morgan fingerprint density at radius 3 is 2.73 bits per heavy atom. The van der Waals surface area contributed by atoms with Crippen molar-refractivity contribution in [3.8, 4) is 6.07 Å². The van der Waals surface area contributed by atoms with Crippen molar-refractivity contribution in [2.75, 3.05) is 11.9 Å². The molecule has 0 amide bonds. The van der Waals surface area contributed by atoms with Crippen LogP contribution in [0.4, 0.5) is 5.69 Å². The topological polar surface area (TPSA) is 35.8 Å². The number of nitrogens with one attached hydrogen (secondary N) is 1. The maximum atomic E-state index is 9.02. The normalized spacial score (nSPS) is 19.2. The van der Waals surface area contributed by atoms with Crippen LogP contribution in [0.3, 0.4) is 0 Å². The molecule has 0 spiro atoms. The van der Waals surface area contributed by atoms with E-state index in [0.29, 0.717) is 0 Å². The first-order chi connectivity index (χ1) is 7.02. The van der Waals surface area contributed by atoms with Gasteiger partial charge in [0.2, 0.25) is 0 Å². The lowest BCUT2D eigenvalue weighted by Gasteiger charge is -2.20. The largest absolute Gasteiger partial charge is 0.383 e. The lowest BCUT2D eigenvalue weighted by atomic mass is 9.85. The van der Waals surface area contributed by atoms with E-state index in [0.717, 1.165) is 17.8 Å². The minimum Gasteiger partial charge on any atom is -0.383 e. The van der Waals surface area contributed by atoms with Gasteiger partial charge < -0.3 is 5.32 Å². The van der Waals surface area contributed by atoms with Crippen molar-refractivity contribution in [3.05, 3.63) is 29.3 Å². The second-order valence-electron chi connectivity index (χ2n) is 5.11. The maximum Gasteiger partial charge on any atom is 0.0905 e. The number of anilines is 1. The van der Waals surface area contributed by atoms with E-state index in [-0.39, 0.29) is 11.3 Å². The Morgan fingerprint density at radius 1 is 1.40 bits per heavy atom. The average molecular weight is 200 g/mol. The predicted octanol–water partition coefficient (Wildman–Crippen LogP) is 3.02. The van der Waals surface area contributed by atoms with Crippen LogP contribution in [-0.4, -0.2) is 6.54 Å². The van der Waals surface area contributed by atoms with Crippen LogP contribution in [0.5, 0.6) is 0 Å². The van der Waals surface area contributed by atoms with Gasteiger partial charge in [-0.25, -0.2) is 0 Å². The van der Waals surface area contributed by atoms with Gasteiger partial charge in [-0.05, 0) is 22.6 Å². The van der Waals surface area contributed by atoms with E-state index >= 15 is 0 Å². The zero-order valence-corrected chi connectivity index (χ0v) is 9.46. The molecule has 1 aromatic rings. The zero-order chi connectivity index (χ0) is 11.1. The van der Waals surface area contributed by atoms with Crippen molar-refractivity contribution in [2.24, 2.45) is 0 Å². The predicted molar refractivity (Wildman–Crippen MR) is 62.0 cm³/mol. The standard InChI is InChI=1S/C13H16N2/c1-13(2,3)10-4-5-12-11(6-10)9(7-14)8-15-12/h4-6,9,15H,8H2,1-3H3. The van der Waals surface area contributed by atoms with E-state index in [2.05, 4.69) is 50.4 Å². The Balaban J connectivity index is 2.47. The van der Waals surface area contributed by atoms with Crippen LogP contribution < -0.4 is 5.32 Å². The summed E-state index contributed by atoms with van der Waals surface area (Å²) in [6.45, 7) is 7.33. The molecular weight excluding hydrogens is 184 g/mol. The fourth-order valence-corrected chi connectivity index (χ4v) is 1.92. The van der Waals surface area contributed by atoms with Crippen molar-refractivity contribution in [2.45, 2.75) is 32.1 Å². The second kappa shape index (κ2) is 3.27. The Hall–Kier alpha value is -1.49. The Bertz CT molecular complexity index is 421. The molecule has 1 N–H and O–H groups in total. The Labute approximate surface area is 90.9 Å². The van der Waals surface area contributed by atoms with Gasteiger partial charge in [-0.3, -0.25) is 0 Å². The van der Waals surface area contributed by atoms with E-state index in [1.54, 1.807) is 0 Å². The summed E-state index contributed by atoms with van der Waals surface area (Å²) in [7, 11) is 0. The van der Waals surface area contributed by atoms with Gasteiger partial charge in [0.1, 0.15) is 0 Å². The van der Waals surface area contributed by atoms with Crippen LogP contribution in [0.2, 0.25) is 0 Å². The number of rotatable bonds is 0. The number of nitriles is 1. The second-order valence-corrected chi connectivity index (χ2v) is 5.11. The molecule has 0 aliphatic carbocycles. The van der Waals surface area contributed by atoms with Crippen molar-refractivity contribution in [1.29, 1.82) is 5.26 Å². The minimum atomic E-state index is 0.0160. The molecule has 2 nitrogen and oxygen atoms in total. The molecule has 78 valence electrons. The Morgan fingerprint density at radius 2 is 2.13 bits per heavy atom. The molecule has 1 unspecified atom stereocenters. The molecule has 15 heavy (non-hydrogen) atoms. The SMILES string of the molecule is CC(C)(C)c1ccc2c(c1)C(C#N)CN2. The summed E-state index contributed by atoms with van der Waals surface area (Å²) in [4.78, 5) is 0. The fraction of sp³-hybridized carbons (Fsp3) is 0.462. The molecule has 2 rings (SSSR count). The molecule has 0 radical (unpaired) electrons. The van der Waals surface area contributed by atoms with E-state index in [4.69, 9.17) is 5.26 Å². The van der Waals surface area contributed by atoms with Gasteiger partial charge in [-0.2, -0.15) is 5.26 Å². The highest BCUT2D eigenvalue weighted by Gasteiger charge is 2.24. The van der Waals surface area contributed by atoms with Crippen LogP contribution in [0, 0.1) is 11.3 Å². The fourth-order valence-electron chi connectivity index (χ4n) is 1.92. The first kappa shape index (κ1) is 10.0. The zero-order valence-electron chi connectivity index (χ0n) is 9.46. The quantitative estimate of drug-likeness (QED) is 0.698. The molecule has 1 aliphatic heterocycles. The summed E-state index contributed by atoms with van der Waals surface area (Å²) in [5.41, 5.74) is 3.72. The molecule has 0 saturated carbocycles. The van der Waals surface area contributed by atoms with E-state index in [1.165, 1.54) is 5.56 Å². The number of hydrogen-bond donors (Lipinski definition) is 1. The van der Waals surface area contributed by atoms with Crippen LogP contribution in [0.1, 0.15) is 37.8 Å². The monoisotopic (exact) mass is 200 g/mol. The highest BCUT2D eigenvalue weighted by atomic mass is 14.9. The van der Waals surface area contributed by atoms with E-state index in [9.17, 15) is 0 Å². The summed E-state index contributed by atoms with van der Waals surface area (Å²) < 4.78 is 0. The van der Waals surface area contributed by atoms with Gasteiger partial charge in [-0.1, -0.05) is 32.9 Å². The molecule has 1 aliphatic rings. The molecule has 0 aromatic heterocycles. The van der Waals surface area contributed by atoms with Gasteiger partial charge in [0, 0.05) is 12.2 Å². The minimum absolute atomic E-state index is 0.0160. The summed E-state index contributed by atoms with van der Waals surface area (Å²) in [6.07, 6.45) is 0. The highest BCUT2D eigenvalue weighted by molar-refractivity contribution is 5.61. The smallest absolute Gasteiger partial charge is 0.0905 e. The number of nitrogens with zero attached hydrogens (tertiary/aromatic N) is 1. The first-order valence-corrected chi connectivity index (χ1v) is 5.30. The average Bonchev–Trinajstić information content (AvgIpc) is 2.57. The van der Waals surface area contributed by atoms with Crippen molar-refractivity contribution < 1.29 is 0 Å². The van der Waals surface area contributed by atoms with E-state index in [1.807, 2.05) is 0 Å². The van der Waals surface area contributed by atoms with Crippen LogP contribution >= 0.6 is 0 Å². The van der Waals surface area contributed by atoms with Crippen molar-refractivity contribution in [1.82, 2.24) is 0 Å². The van der Waals surface area contributed by atoms with Crippen LogP contribution in [0.15, 0.2) is 18.2 Å². The van der Waals surface area contributed by atoms with Crippen LogP contribution in [-0.2, 0) is 5.41 Å². The lowest BCUT2D eigenvalue weighted by Crippen LogP contribution is -2.11. The Kier molecular flexibility index (Phi) is 2.19. The summed E-state index contributed by atoms with van der Waals surface area (Å²) in [6, 6.07) is 8.74. The number of fused-ring (bicyclic) bond motifs is 1. The molecule has 2 heteroatoms. The molecule has 0 saturated heterocycles. The highest BCUT2D eigenvalue weighted by Crippen LogP contribution is 2.34. The van der Waals surface area contributed by atoms with Crippen molar-refractivity contribution in [3.63, 3.8) is 0 Å². The summed E-state index contributed by atoms with van der Waals surface area (Å²) in [5.74, 6) is 0.0160. The summed E-state index contributed by atoms with van der Waals surface area (Å²) >= 11 is 0. The van der Waals surface area contributed by atoms with Gasteiger partial charge in [0.25, 0.3) is 0 Å². The van der Waals surface area contributed by atoms with Gasteiger partial charge in [0.15, 0.2) is 0 Å². The van der Waals surface area contributed by atoms with Crippen LogP contribution in [0.25, 0.3) is 0 Å². The third kappa shape index (κ3) is 1.70. The first-order valence-electron chi connectivity index (χ1n) is 5.30.